The quantitative estimate of drug-likeness (QED) is 0.736. The summed E-state index contributed by atoms with van der Waals surface area (Å²) >= 11 is 0. The van der Waals surface area contributed by atoms with Crippen LogP contribution in [0.25, 0.3) is 5.32 Å². The average Bonchev–Trinajstić information content (AvgIpc) is 1.71. The Morgan fingerprint density at radius 3 is 1.45 bits per heavy atom. The maximum Gasteiger partial charge on any atom is 0.0430 e. The number of halogens is 2. The van der Waals surface area contributed by atoms with Crippen molar-refractivity contribution in [3.63, 3.8) is 0 Å². The molecule has 0 aromatic heterocycles. The van der Waals surface area contributed by atoms with Crippen LogP contribution in [0.15, 0.2) is 0 Å². The first-order chi connectivity index (χ1) is 3.83. The molecular formula is C6H18Cl2NOTi-. The summed E-state index contributed by atoms with van der Waals surface area (Å²) in [6.07, 6.45) is 2.04. The smallest absolute Gasteiger partial charge is 0.0430 e. The molecule has 0 saturated heterocycles. The summed E-state index contributed by atoms with van der Waals surface area (Å²) < 4.78 is 0. The second-order valence-electron chi connectivity index (χ2n) is 1.52. The third-order valence-corrected chi connectivity index (χ3v) is 0.512. The maximum atomic E-state index is 8.07. The van der Waals surface area contributed by atoms with E-state index in [0.717, 1.165) is 12.8 Å². The van der Waals surface area contributed by atoms with Gasteiger partial charge in [-0.1, -0.05) is 13.3 Å². The van der Waals surface area contributed by atoms with Gasteiger partial charge in [-0.2, -0.15) is 14.1 Å². The number of aliphatic hydroxyl groups excluding tert-OH is 1. The Hall–Kier alpha value is 1.21. The first kappa shape index (κ1) is 29.5. The van der Waals surface area contributed by atoms with Gasteiger partial charge < -0.3 is 10.4 Å². The van der Waals surface area contributed by atoms with E-state index in [0.29, 0.717) is 6.61 Å². The van der Waals surface area contributed by atoms with Crippen molar-refractivity contribution in [2.24, 2.45) is 0 Å². The topological polar surface area (TPSA) is 34.3 Å². The van der Waals surface area contributed by atoms with Gasteiger partial charge in [0, 0.05) is 28.3 Å². The molecule has 0 spiro atoms. The van der Waals surface area contributed by atoms with E-state index in [1.807, 2.05) is 0 Å². The zero-order chi connectivity index (χ0) is 6.83. The molecule has 0 unspecified atom stereocenters. The molecule has 72 valence electrons. The van der Waals surface area contributed by atoms with E-state index < -0.39 is 0 Å². The Morgan fingerprint density at radius 1 is 1.18 bits per heavy atom. The van der Waals surface area contributed by atoms with Crippen LogP contribution in [-0.4, -0.2) is 25.8 Å². The molecule has 0 aliphatic rings. The van der Waals surface area contributed by atoms with Gasteiger partial charge in [0.1, 0.15) is 0 Å². The van der Waals surface area contributed by atoms with Crippen LogP contribution in [-0.2, 0) is 21.7 Å². The fourth-order valence-electron chi connectivity index (χ4n) is 0.158. The molecule has 1 N–H and O–H groups in total. The first-order valence-electron chi connectivity index (χ1n) is 2.92. The van der Waals surface area contributed by atoms with Crippen LogP contribution >= 0.6 is 24.8 Å². The molecule has 0 atom stereocenters. The standard InChI is InChI=1S/C4H10O.C2H6N.2ClH.Ti/c1-2-3-4-5;1-3-2;;;/h5H,2-4H2,1H3;1-2H3;2*1H;/q;-1;;;. The molecule has 0 aliphatic heterocycles. The number of aliphatic hydroxyl groups is 1. The van der Waals surface area contributed by atoms with Gasteiger partial charge >= 0.3 is 0 Å². The molecule has 0 aromatic rings. The van der Waals surface area contributed by atoms with Crippen LogP contribution in [0.5, 0.6) is 0 Å². The van der Waals surface area contributed by atoms with Crippen LogP contribution in [0.1, 0.15) is 19.8 Å². The Balaban J connectivity index is -0.0000000183. The Bertz CT molecular complexity index is 34.5. The van der Waals surface area contributed by atoms with E-state index in [9.17, 15) is 0 Å². The molecule has 0 aliphatic carbocycles. The van der Waals surface area contributed by atoms with Gasteiger partial charge in [0.05, 0.1) is 0 Å². The van der Waals surface area contributed by atoms with Gasteiger partial charge in [0.2, 0.25) is 0 Å². The zero-order valence-corrected chi connectivity index (χ0v) is 10.5. The summed E-state index contributed by atoms with van der Waals surface area (Å²) in [6.45, 7) is 2.40. The van der Waals surface area contributed by atoms with Crippen molar-refractivity contribution < 1.29 is 26.8 Å². The van der Waals surface area contributed by atoms with E-state index in [2.05, 4.69) is 12.2 Å². The Morgan fingerprint density at radius 2 is 1.45 bits per heavy atom. The van der Waals surface area contributed by atoms with E-state index in [-0.39, 0.29) is 46.5 Å². The molecule has 0 rings (SSSR count). The third-order valence-electron chi connectivity index (χ3n) is 0.512. The van der Waals surface area contributed by atoms with Gasteiger partial charge in [-0.15, -0.1) is 24.8 Å². The summed E-state index contributed by atoms with van der Waals surface area (Å²) in [5, 5.41) is 11.6. The first-order valence-corrected chi connectivity index (χ1v) is 2.92. The fraction of sp³-hybridized carbons (Fsp3) is 1.00. The van der Waals surface area contributed by atoms with E-state index in [1.54, 1.807) is 14.1 Å². The van der Waals surface area contributed by atoms with Crippen molar-refractivity contribution in [2.45, 2.75) is 19.8 Å². The second kappa shape index (κ2) is 43.0. The Kier molecular flexibility index (Phi) is 115. The monoisotopic (exact) mass is 238 g/mol. The molecule has 0 heterocycles. The number of rotatable bonds is 2. The number of unbranched alkanes of at least 4 members (excludes halogenated alkanes) is 1. The van der Waals surface area contributed by atoms with Crippen molar-refractivity contribution in [3.8, 4) is 0 Å². The normalized spacial score (nSPS) is 5.45. The molecule has 0 aromatic carbocycles. The molecule has 11 heavy (non-hydrogen) atoms. The summed E-state index contributed by atoms with van der Waals surface area (Å²) in [6, 6.07) is 0. The number of nitrogens with zero attached hydrogens (tertiary/aromatic N) is 1. The van der Waals surface area contributed by atoms with Crippen molar-refractivity contribution in [3.05, 3.63) is 5.32 Å². The molecular weight excluding hydrogens is 221 g/mol. The number of hydrogen-bond donors (Lipinski definition) is 1. The average molecular weight is 239 g/mol. The minimum absolute atomic E-state index is 0. The van der Waals surface area contributed by atoms with Gasteiger partial charge in [0.15, 0.2) is 0 Å². The fourth-order valence-corrected chi connectivity index (χ4v) is 0.158. The van der Waals surface area contributed by atoms with Gasteiger partial charge in [-0.3, -0.25) is 0 Å². The van der Waals surface area contributed by atoms with E-state index in [1.165, 1.54) is 0 Å². The van der Waals surface area contributed by atoms with E-state index >= 15 is 0 Å². The minimum Gasteiger partial charge on any atom is -0.668 e. The molecule has 0 fully saturated rings. The zero-order valence-electron chi connectivity index (χ0n) is 7.33. The van der Waals surface area contributed by atoms with Gasteiger partial charge in [0.25, 0.3) is 0 Å². The van der Waals surface area contributed by atoms with Gasteiger partial charge in [-0.25, -0.2) is 0 Å². The van der Waals surface area contributed by atoms with Crippen molar-refractivity contribution in [1.29, 1.82) is 0 Å². The third kappa shape index (κ3) is 92.2. The van der Waals surface area contributed by atoms with Crippen molar-refractivity contribution in [2.75, 3.05) is 20.7 Å². The van der Waals surface area contributed by atoms with Crippen LogP contribution in [0.2, 0.25) is 0 Å². The summed E-state index contributed by atoms with van der Waals surface area (Å²) in [7, 11) is 3.50. The second-order valence-corrected chi connectivity index (χ2v) is 1.52. The van der Waals surface area contributed by atoms with Crippen LogP contribution in [0.4, 0.5) is 0 Å². The molecule has 0 amide bonds. The van der Waals surface area contributed by atoms with Crippen LogP contribution in [0, 0.1) is 0 Å². The minimum atomic E-state index is 0. The predicted octanol–water partition coefficient (Wildman–Crippen LogP) is 2.24. The predicted molar refractivity (Wildman–Crippen MR) is 51.7 cm³/mol. The molecule has 5 heteroatoms. The number of hydrogen-bond acceptors (Lipinski definition) is 1. The van der Waals surface area contributed by atoms with Crippen molar-refractivity contribution in [1.82, 2.24) is 0 Å². The van der Waals surface area contributed by atoms with Crippen LogP contribution in [0.3, 0.4) is 0 Å². The SMILES string of the molecule is CCCCO.C[N-]C.Cl.Cl.[Ti]. The molecule has 0 saturated carbocycles. The molecule has 0 bridgehead atoms. The summed E-state index contributed by atoms with van der Waals surface area (Å²) in [5.41, 5.74) is 0. The summed E-state index contributed by atoms with van der Waals surface area (Å²) in [4.78, 5) is 0. The molecule has 0 radical (unpaired) electrons. The maximum absolute atomic E-state index is 8.07. The van der Waals surface area contributed by atoms with Crippen molar-refractivity contribution >= 4 is 24.8 Å². The molecule has 2 nitrogen and oxygen atoms in total. The van der Waals surface area contributed by atoms with Crippen LogP contribution < -0.4 is 0 Å². The van der Waals surface area contributed by atoms with E-state index in [4.69, 9.17) is 5.11 Å². The summed E-state index contributed by atoms with van der Waals surface area (Å²) in [5.74, 6) is 0. The largest absolute Gasteiger partial charge is 0.668 e. The Labute approximate surface area is 97.2 Å². The van der Waals surface area contributed by atoms with Gasteiger partial charge in [-0.05, 0) is 6.42 Å².